The maximum atomic E-state index is 6.24. The minimum absolute atomic E-state index is 0.514. The predicted molar refractivity (Wildman–Crippen MR) is 91.6 cm³/mol. The molecular formula is C17H20ClNS. The molecule has 0 fully saturated rings. The van der Waals surface area contributed by atoms with E-state index in [-0.39, 0.29) is 0 Å². The summed E-state index contributed by atoms with van der Waals surface area (Å²) < 4.78 is 0. The van der Waals surface area contributed by atoms with Crippen molar-refractivity contribution in [2.45, 2.75) is 26.8 Å². The fourth-order valence-corrected chi connectivity index (χ4v) is 3.26. The highest BCUT2D eigenvalue weighted by Gasteiger charge is 2.05. The van der Waals surface area contributed by atoms with Gasteiger partial charge in [0.25, 0.3) is 0 Å². The number of hydrogen-bond donors (Lipinski definition) is 1. The van der Waals surface area contributed by atoms with E-state index in [0.29, 0.717) is 6.04 Å². The smallest absolute Gasteiger partial charge is 0.0492 e. The molecule has 0 aliphatic carbocycles. The average molecular weight is 306 g/mol. The molecule has 1 N–H and O–H groups in total. The first-order valence-corrected chi connectivity index (χ1v) is 8.01. The van der Waals surface area contributed by atoms with E-state index in [1.54, 1.807) is 11.3 Å². The molecule has 0 saturated carbocycles. The van der Waals surface area contributed by atoms with Gasteiger partial charge in [0.2, 0.25) is 0 Å². The van der Waals surface area contributed by atoms with E-state index in [4.69, 9.17) is 11.6 Å². The van der Waals surface area contributed by atoms with Gasteiger partial charge in [-0.1, -0.05) is 49.2 Å². The van der Waals surface area contributed by atoms with Gasteiger partial charge in [0.15, 0.2) is 0 Å². The van der Waals surface area contributed by atoms with Crippen molar-refractivity contribution in [2.75, 3.05) is 6.54 Å². The summed E-state index contributed by atoms with van der Waals surface area (Å²) >= 11 is 8.01. The molecule has 20 heavy (non-hydrogen) atoms. The molecule has 3 heteroatoms. The van der Waals surface area contributed by atoms with Crippen LogP contribution < -0.4 is 5.32 Å². The van der Waals surface area contributed by atoms with Crippen molar-refractivity contribution in [3.8, 4) is 10.4 Å². The molecule has 0 spiro atoms. The van der Waals surface area contributed by atoms with Crippen LogP contribution in [0, 0.1) is 0 Å². The van der Waals surface area contributed by atoms with Crippen LogP contribution in [0.15, 0.2) is 42.0 Å². The Bertz CT molecular complexity index is 599. The molecule has 0 aliphatic heterocycles. The largest absolute Gasteiger partial charge is 0.311 e. The molecule has 1 heterocycles. The first-order chi connectivity index (χ1) is 9.56. The van der Waals surface area contributed by atoms with Crippen LogP contribution in [0.3, 0.4) is 0 Å². The molecule has 0 bridgehead atoms. The van der Waals surface area contributed by atoms with Gasteiger partial charge in [-0.2, -0.15) is 0 Å². The van der Waals surface area contributed by atoms with Crippen LogP contribution in [0.25, 0.3) is 16.5 Å². The highest BCUT2D eigenvalue weighted by atomic mass is 35.5. The summed E-state index contributed by atoms with van der Waals surface area (Å²) in [6.45, 7) is 7.41. The highest BCUT2D eigenvalue weighted by Crippen LogP contribution is 2.33. The first kappa shape index (κ1) is 15.3. The second-order valence-corrected chi connectivity index (χ2v) is 6.73. The summed E-state index contributed by atoms with van der Waals surface area (Å²) in [7, 11) is 0. The van der Waals surface area contributed by atoms with Gasteiger partial charge < -0.3 is 5.32 Å². The third kappa shape index (κ3) is 4.20. The lowest BCUT2D eigenvalue weighted by Crippen LogP contribution is -2.24. The molecule has 0 saturated heterocycles. The van der Waals surface area contributed by atoms with Crippen LogP contribution in [0.4, 0.5) is 0 Å². The summed E-state index contributed by atoms with van der Waals surface area (Å²) in [5, 5.41) is 4.24. The monoisotopic (exact) mass is 305 g/mol. The number of nitrogens with one attached hydrogen (secondary N) is 1. The Morgan fingerprint density at radius 3 is 2.70 bits per heavy atom. The fraction of sp³-hybridized carbons (Fsp3) is 0.294. The van der Waals surface area contributed by atoms with Crippen molar-refractivity contribution in [3.63, 3.8) is 0 Å². The van der Waals surface area contributed by atoms with Crippen molar-refractivity contribution in [1.82, 2.24) is 5.32 Å². The average Bonchev–Trinajstić information content (AvgIpc) is 2.85. The Kier molecular flexibility index (Phi) is 5.41. The summed E-state index contributed by atoms with van der Waals surface area (Å²) in [5.74, 6) is 0. The van der Waals surface area contributed by atoms with Gasteiger partial charge in [-0.3, -0.25) is 0 Å². The zero-order valence-corrected chi connectivity index (χ0v) is 13.7. The summed E-state index contributed by atoms with van der Waals surface area (Å²) in [5.41, 5.74) is 2.45. The van der Waals surface area contributed by atoms with E-state index >= 15 is 0 Å². The third-order valence-corrected chi connectivity index (χ3v) is 4.34. The topological polar surface area (TPSA) is 12.0 Å². The molecular weight excluding hydrogens is 286 g/mol. The summed E-state index contributed by atoms with van der Waals surface area (Å²) in [6.07, 6.45) is 2.24. The van der Waals surface area contributed by atoms with Crippen LogP contribution in [0.1, 0.15) is 25.6 Å². The van der Waals surface area contributed by atoms with Gasteiger partial charge in [0, 0.05) is 32.9 Å². The minimum Gasteiger partial charge on any atom is -0.311 e. The first-order valence-electron chi connectivity index (χ1n) is 6.81. The van der Waals surface area contributed by atoms with Crippen molar-refractivity contribution in [2.24, 2.45) is 0 Å². The van der Waals surface area contributed by atoms with Crippen molar-refractivity contribution < 1.29 is 0 Å². The van der Waals surface area contributed by atoms with Crippen molar-refractivity contribution in [1.29, 1.82) is 0 Å². The molecule has 2 rings (SSSR count). The van der Waals surface area contributed by atoms with Crippen LogP contribution in [-0.2, 0) is 0 Å². The Morgan fingerprint density at radius 1 is 1.25 bits per heavy atom. The van der Waals surface area contributed by atoms with E-state index in [0.717, 1.165) is 17.1 Å². The molecule has 1 aromatic heterocycles. The Morgan fingerprint density at radius 2 is 2.00 bits per heavy atom. The zero-order chi connectivity index (χ0) is 14.5. The van der Waals surface area contributed by atoms with Gasteiger partial charge >= 0.3 is 0 Å². The Hall–Kier alpha value is -1.09. The van der Waals surface area contributed by atoms with Gasteiger partial charge in [0.05, 0.1) is 0 Å². The second kappa shape index (κ2) is 7.07. The lowest BCUT2D eigenvalue weighted by Gasteiger charge is -2.07. The number of halogens is 1. The molecule has 0 radical (unpaired) electrons. The van der Waals surface area contributed by atoms with Crippen LogP contribution >= 0.6 is 22.9 Å². The molecule has 0 atom stereocenters. The van der Waals surface area contributed by atoms with E-state index < -0.39 is 0 Å². The highest BCUT2D eigenvalue weighted by molar-refractivity contribution is 7.16. The van der Waals surface area contributed by atoms with Gasteiger partial charge in [-0.05, 0) is 31.2 Å². The van der Waals surface area contributed by atoms with Gasteiger partial charge in [-0.15, -0.1) is 11.3 Å². The molecule has 106 valence electrons. The molecule has 1 nitrogen and oxygen atoms in total. The van der Waals surface area contributed by atoms with E-state index in [1.165, 1.54) is 15.3 Å². The number of thiophene rings is 1. The molecule has 0 amide bonds. The van der Waals surface area contributed by atoms with Crippen LogP contribution in [0.5, 0.6) is 0 Å². The molecule has 0 unspecified atom stereocenters. The fourth-order valence-electron chi connectivity index (χ4n) is 1.90. The maximum absolute atomic E-state index is 6.24. The zero-order valence-electron chi connectivity index (χ0n) is 12.1. The number of hydrogen-bond acceptors (Lipinski definition) is 2. The van der Waals surface area contributed by atoms with E-state index in [1.807, 2.05) is 18.2 Å². The third-order valence-electron chi connectivity index (χ3n) is 2.94. The lowest BCUT2D eigenvalue weighted by molar-refractivity contribution is 0.623. The van der Waals surface area contributed by atoms with Crippen LogP contribution in [0.2, 0.25) is 5.02 Å². The van der Waals surface area contributed by atoms with Gasteiger partial charge in [-0.25, -0.2) is 0 Å². The van der Waals surface area contributed by atoms with Crippen molar-refractivity contribution >= 4 is 29.0 Å². The van der Waals surface area contributed by atoms with E-state index in [2.05, 4.69) is 50.4 Å². The van der Waals surface area contributed by atoms with Crippen molar-refractivity contribution in [3.05, 3.63) is 51.9 Å². The molecule has 0 aliphatic rings. The quantitative estimate of drug-likeness (QED) is 0.772. The number of rotatable bonds is 5. The predicted octanol–water partition coefficient (Wildman–Crippen LogP) is 5.47. The summed E-state index contributed by atoms with van der Waals surface area (Å²) in [6, 6.07) is 12.8. The SMILES string of the molecule is CC(=Cc1ccc(-c2ccccc2Cl)s1)CNC(C)C. The molecule has 1 aromatic carbocycles. The maximum Gasteiger partial charge on any atom is 0.0492 e. The minimum atomic E-state index is 0.514. The Labute approximate surface area is 130 Å². The summed E-state index contributed by atoms with van der Waals surface area (Å²) in [4.78, 5) is 2.48. The second-order valence-electron chi connectivity index (χ2n) is 5.21. The standard InChI is InChI=1S/C17H20ClNS/c1-12(2)19-11-13(3)10-14-8-9-17(20-14)15-6-4-5-7-16(15)18/h4-10,12,19H,11H2,1-3H3. The Balaban J connectivity index is 2.13. The number of benzene rings is 1. The van der Waals surface area contributed by atoms with Gasteiger partial charge in [0.1, 0.15) is 0 Å². The normalized spacial score (nSPS) is 12.2. The van der Waals surface area contributed by atoms with E-state index in [9.17, 15) is 0 Å². The molecule has 2 aromatic rings. The van der Waals surface area contributed by atoms with Crippen LogP contribution in [-0.4, -0.2) is 12.6 Å². The lowest BCUT2D eigenvalue weighted by atomic mass is 10.2.